The molecule has 0 aliphatic heterocycles. The summed E-state index contributed by atoms with van der Waals surface area (Å²) in [7, 11) is 0. The average molecular weight is 178 g/mol. The van der Waals surface area contributed by atoms with Gasteiger partial charge in [-0.15, -0.1) is 0 Å². The maximum Gasteiger partial charge on any atom is 0.119 e. The molecule has 0 N–H and O–H groups in total. The summed E-state index contributed by atoms with van der Waals surface area (Å²) >= 11 is 0. The summed E-state index contributed by atoms with van der Waals surface area (Å²) in [5.41, 5.74) is 2.78. The molecule has 1 heteroatoms. The summed E-state index contributed by atoms with van der Waals surface area (Å²) in [5.74, 6) is 0.986. The van der Waals surface area contributed by atoms with E-state index in [2.05, 4.69) is 32.0 Å². The maximum absolute atomic E-state index is 5.42. The van der Waals surface area contributed by atoms with Crippen LogP contribution >= 0.6 is 0 Å². The Morgan fingerprint density at radius 1 is 1.23 bits per heavy atom. The van der Waals surface area contributed by atoms with Crippen LogP contribution in [-0.4, -0.2) is 6.61 Å². The third kappa shape index (κ3) is 2.76. The van der Waals surface area contributed by atoms with Crippen molar-refractivity contribution in [3.8, 4) is 5.75 Å². The summed E-state index contributed by atoms with van der Waals surface area (Å²) in [6.45, 7) is 7.10. The van der Waals surface area contributed by atoms with Crippen LogP contribution in [0.1, 0.15) is 31.4 Å². The highest BCUT2D eigenvalue weighted by molar-refractivity contribution is 5.34. The Labute approximate surface area is 80.7 Å². The van der Waals surface area contributed by atoms with Crippen molar-refractivity contribution in [1.29, 1.82) is 0 Å². The predicted molar refractivity (Wildman–Crippen MR) is 56.3 cm³/mol. The van der Waals surface area contributed by atoms with Crippen LogP contribution in [0, 0.1) is 6.92 Å². The smallest absolute Gasteiger partial charge is 0.119 e. The van der Waals surface area contributed by atoms with Crippen molar-refractivity contribution in [2.24, 2.45) is 0 Å². The molecule has 0 saturated heterocycles. The van der Waals surface area contributed by atoms with E-state index in [1.54, 1.807) is 0 Å². The van der Waals surface area contributed by atoms with Crippen molar-refractivity contribution in [3.63, 3.8) is 0 Å². The van der Waals surface area contributed by atoms with Gasteiger partial charge in [0.05, 0.1) is 6.61 Å². The van der Waals surface area contributed by atoms with Crippen molar-refractivity contribution in [1.82, 2.24) is 0 Å². The lowest BCUT2D eigenvalue weighted by molar-refractivity contribution is 0.340. The zero-order valence-corrected chi connectivity index (χ0v) is 8.76. The van der Waals surface area contributed by atoms with Crippen LogP contribution in [0.4, 0.5) is 0 Å². The number of hydrogen-bond donors (Lipinski definition) is 0. The third-order valence-corrected chi connectivity index (χ3v) is 2.14. The minimum absolute atomic E-state index is 0.743. The Morgan fingerprint density at radius 2 is 2.00 bits per heavy atom. The average Bonchev–Trinajstić information content (AvgIpc) is 2.10. The Morgan fingerprint density at radius 3 is 2.54 bits per heavy atom. The highest BCUT2D eigenvalue weighted by atomic mass is 16.5. The summed E-state index contributed by atoms with van der Waals surface area (Å²) in [5, 5.41) is 0. The molecule has 13 heavy (non-hydrogen) atoms. The molecule has 0 aliphatic carbocycles. The molecule has 1 nitrogen and oxygen atoms in total. The number of rotatable bonds is 4. The van der Waals surface area contributed by atoms with Crippen LogP contribution in [0.15, 0.2) is 18.2 Å². The quantitative estimate of drug-likeness (QED) is 0.687. The topological polar surface area (TPSA) is 9.23 Å². The van der Waals surface area contributed by atoms with Gasteiger partial charge in [0.25, 0.3) is 0 Å². The van der Waals surface area contributed by atoms with Gasteiger partial charge in [-0.3, -0.25) is 0 Å². The Kier molecular flexibility index (Phi) is 3.81. The molecule has 0 spiro atoms. The van der Waals surface area contributed by atoms with Gasteiger partial charge in [-0.25, -0.2) is 0 Å². The maximum atomic E-state index is 5.42. The SMILES string of the molecule is CCCc1ccc(OCC)cc1C. The predicted octanol–water partition coefficient (Wildman–Crippen LogP) is 3.35. The van der Waals surface area contributed by atoms with Crippen LogP contribution in [0.5, 0.6) is 5.75 Å². The lowest BCUT2D eigenvalue weighted by Gasteiger charge is -2.07. The van der Waals surface area contributed by atoms with Crippen molar-refractivity contribution in [3.05, 3.63) is 29.3 Å². The van der Waals surface area contributed by atoms with Crippen LogP contribution in [0.3, 0.4) is 0 Å². The molecule has 0 unspecified atom stereocenters. The molecule has 0 aliphatic rings. The van der Waals surface area contributed by atoms with Gasteiger partial charge < -0.3 is 4.74 Å². The van der Waals surface area contributed by atoms with Gasteiger partial charge in [0.2, 0.25) is 0 Å². The van der Waals surface area contributed by atoms with Crippen LogP contribution in [0.25, 0.3) is 0 Å². The molecule has 0 aromatic heterocycles. The van der Waals surface area contributed by atoms with E-state index in [0.29, 0.717) is 0 Å². The zero-order valence-electron chi connectivity index (χ0n) is 8.76. The van der Waals surface area contributed by atoms with Crippen molar-refractivity contribution in [2.45, 2.75) is 33.6 Å². The van der Waals surface area contributed by atoms with Crippen LogP contribution < -0.4 is 4.74 Å². The van der Waals surface area contributed by atoms with Gasteiger partial charge in [-0.05, 0) is 43.5 Å². The summed E-state index contributed by atoms with van der Waals surface area (Å²) in [6.07, 6.45) is 2.37. The fourth-order valence-electron chi connectivity index (χ4n) is 1.47. The van der Waals surface area contributed by atoms with Crippen molar-refractivity contribution in [2.75, 3.05) is 6.61 Å². The van der Waals surface area contributed by atoms with E-state index < -0.39 is 0 Å². The van der Waals surface area contributed by atoms with Gasteiger partial charge in [-0.1, -0.05) is 19.4 Å². The van der Waals surface area contributed by atoms with Gasteiger partial charge in [-0.2, -0.15) is 0 Å². The Balaban J connectivity index is 2.79. The first-order valence-electron chi connectivity index (χ1n) is 5.00. The van der Waals surface area contributed by atoms with E-state index in [1.807, 2.05) is 6.92 Å². The molecule has 0 bridgehead atoms. The second-order valence-electron chi connectivity index (χ2n) is 3.27. The number of ether oxygens (including phenoxy) is 1. The van der Waals surface area contributed by atoms with Crippen LogP contribution in [-0.2, 0) is 6.42 Å². The number of aryl methyl sites for hydroxylation is 2. The molecule has 0 amide bonds. The largest absolute Gasteiger partial charge is 0.494 e. The van der Waals surface area contributed by atoms with E-state index in [4.69, 9.17) is 4.74 Å². The second-order valence-corrected chi connectivity index (χ2v) is 3.27. The molecular weight excluding hydrogens is 160 g/mol. The normalized spacial score (nSPS) is 10.1. The first-order valence-corrected chi connectivity index (χ1v) is 5.00. The van der Waals surface area contributed by atoms with Gasteiger partial charge >= 0.3 is 0 Å². The molecule has 0 atom stereocenters. The van der Waals surface area contributed by atoms with Crippen molar-refractivity contribution < 1.29 is 4.74 Å². The number of benzene rings is 1. The summed E-state index contributed by atoms with van der Waals surface area (Å²) in [6, 6.07) is 6.35. The highest BCUT2D eigenvalue weighted by Crippen LogP contribution is 2.18. The van der Waals surface area contributed by atoms with Crippen LogP contribution in [0.2, 0.25) is 0 Å². The lowest BCUT2D eigenvalue weighted by Crippen LogP contribution is -1.94. The summed E-state index contributed by atoms with van der Waals surface area (Å²) < 4.78 is 5.42. The Hall–Kier alpha value is -0.980. The molecular formula is C12H18O. The fraction of sp³-hybridized carbons (Fsp3) is 0.500. The highest BCUT2D eigenvalue weighted by Gasteiger charge is 1.98. The molecule has 0 fully saturated rings. The summed E-state index contributed by atoms with van der Waals surface area (Å²) in [4.78, 5) is 0. The molecule has 0 heterocycles. The minimum atomic E-state index is 0.743. The Bertz CT molecular complexity index is 266. The molecule has 1 aromatic carbocycles. The first kappa shape index (κ1) is 10.1. The molecule has 72 valence electrons. The van der Waals surface area contributed by atoms with Gasteiger partial charge in [0.15, 0.2) is 0 Å². The standard InChI is InChI=1S/C12H18O/c1-4-6-11-7-8-12(13-5-2)9-10(11)3/h7-9H,4-6H2,1-3H3. The second kappa shape index (κ2) is 4.90. The monoisotopic (exact) mass is 178 g/mol. The van der Waals surface area contributed by atoms with Gasteiger partial charge in [0.1, 0.15) is 5.75 Å². The van der Waals surface area contributed by atoms with E-state index in [1.165, 1.54) is 17.5 Å². The lowest BCUT2D eigenvalue weighted by atomic mass is 10.0. The first-order chi connectivity index (χ1) is 6.27. The molecule has 1 aromatic rings. The molecule has 1 rings (SSSR count). The van der Waals surface area contributed by atoms with E-state index >= 15 is 0 Å². The minimum Gasteiger partial charge on any atom is -0.494 e. The third-order valence-electron chi connectivity index (χ3n) is 2.14. The molecule has 0 saturated carbocycles. The zero-order chi connectivity index (χ0) is 9.68. The van der Waals surface area contributed by atoms with E-state index in [9.17, 15) is 0 Å². The van der Waals surface area contributed by atoms with Crippen molar-refractivity contribution >= 4 is 0 Å². The van der Waals surface area contributed by atoms with Gasteiger partial charge in [0, 0.05) is 0 Å². The molecule has 0 radical (unpaired) electrons. The fourth-order valence-corrected chi connectivity index (χ4v) is 1.47. The van der Waals surface area contributed by atoms with E-state index in [-0.39, 0.29) is 0 Å². The van der Waals surface area contributed by atoms with E-state index in [0.717, 1.165) is 18.8 Å². The number of hydrogen-bond acceptors (Lipinski definition) is 1.